The third-order valence-electron chi connectivity index (χ3n) is 4.62. The highest BCUT2D eigenvalue weighted by atomic mass is 15.3. The predicted octanol–water partition coefficient (Wildman–Crippen LogP) is 2.75. The summed E-state index contributed by atoms with van der Waals surface area (Å²) in [5.74, 6) is 0. The molecule has 1 aliphatic heterocycles. The third-order valence-corrected chi connectivity index (χ3v) is 4.62. The summed E-state index contributed by atoms with van der Waals surface area (Å²) in [6, 6.07) is 12.7. The van der Waals surface area contributed by atoms with Crippen molar-refractivity contribution in [1.82, 2.24) is 15.1 Å². The van der Waals surface area contributed by atoms with Crippen LogP contribution in [0.5, 0.6) is 0 Å². The molecule has 1 fully saturated rings. The molecular weight excluding hydrogens is 258 g/mol. The van der Waals surface area contributed by atoms with Crippen LogP contribution in [0.1, 0.15) is 38.8 Å². The number of hydrogen-bond donors (Lipinski definition) is 1. The number of benzene rings is 1. The number of nitrogens with one attached hydrogen (secondary N) is 1. The molecule has 0 saturated carbocycles. The summed E-state index contributed by atoms with van der Waals surface area (Å²) in [4.78, 5) is 5.17. The van der Waals surface area contributed by atoms with Gasteiger partial charge < -0.3 is 10.2 Å². The molecule has 1 aromatic rings. The SMILES string of the molecule is CCC1CN(C(CNC(C)C)c2ccccc2)CCN1C. The number of hydrogen-bond acceptors (Lipinski definition) is 3. The van der Waals surface area contributed by atoms with Crippen molar-refractivity contribution in [3.8, 4) is 0 Å². The van der Waals surface area contributed by atoms with Crippen LogP contribution in [-0.4, -0.2) is 55.1 Å². The van der Waals surface area contributed by atoms with Gasteiger partial charge in [0.2, 0.25) is 0 Å². The number of likely N-dealkylation sites (N-methyl/N-ethyl adjacent to an activating group) is 1. The van der Waals surface area contributed by atoms with E-state index in [9.17, 15) is 0 Å². The first-order chi connectivity index (χ1) is 10.1. The zero-order valence-electron chi connectivity index (χ0n) is 14.0. The van der Waals surface area contributed by atoms with Crippen molar-refractivity contribution in [3.63, 3.8) is 0 Å². The van der Waals surface area contributed by atoms with Gasteiger partial charge in [0.05, 0.1) is 0 Å². The van der Waals surface area contributed by atoms with Crippen molar-refractivity contribution in [1.29, 1.82) is 0 Å². The average molecular weight is 289 g/mol. The highest BCUT2D eigenvalue weighted by Crippen LogP contribution is 2.24. The lowest BCUT2D eigenvalue weighted by Gasteiger charge is -2.43. The van der Waals surface area contributed by atoms with Gasteiger partial charge in [-0.25, -0.2) is 0 Å². The van der Waals surface area contributed by atoms with Crippen LogP contribution in [0.15, 0.2) is 30.3 Å². The van der Waals surface area contributed by atoms with Crippen LogP contribution < -0.4 is 5.32 Å². The van der Waals surface area contributed by atoms with Crippen molar-refractivity contribution in [2.24, 2.45) is 0 Å². The lowest BCUT2D eigenvalue weighted by molar-refractivity contribution is 0.0610. The summed E-state index contributed by atoms with van der Waals surface area (Å²) in [6.45, 7) is 11.3. The Bertz CT molecular complexity index is 404. The summed E-state index contributed by atoms with van der Waals surface area (Å²) >= 11 is 0. The van der Waals surface area contributed by atoms with Crippen molar-refractivity contribution in [2.75, 3.05) is 33.2 Å². The van der Waals surface area contributed by atoms with Gasteiger partial charge in [-0.1, -0.05) is 51.1 Å². The number of piperazine rings is 1. The van der Waals surface area contributed by atoms with Crippen LogP contribution in [0, 0.1) is 0 Å². The Kier molecular flexibility index (Phi) is 6.22. The molecule has 2 atom stereocenters. The molecule has 1 aromatic carbocycles. The minimum Gasteiger partial charge on any atom is -0.313 e. The highest BCUT2D eigenvalue weighted by Gasteiger charge is 2.28. The first-order valence-corrected chi connectivity index (χ1v) is 8.34. The largest absolute Gasteiger partial charge is 0.313 e. The first-order valence-electron chi connectivity index (χ1n) is 8.34. The maximum absolute atomic E-state index is 3.63. The van der Waals surface area contributed by atoms with Crippen molar-refractivity contribution >= 4 is 0 Å². The van der Waals surface area contributed by atoms with E-state index in [1.165, 1.54) is 25.1 Å². The molecule has 0 aromatic heterocycles. The van der Waals surface area contributed by atoms with Crippen molar-refractivity contribution in [2.45, 2.75) is 45.3 Å². The van der Waals surface area contributed by atoms with Gasteiger partial charge in [0.1, 0.15) is 0 Å². The number of rotatable bonds is 6. The van der Waals surface area contributed by atoms with E-state index >= 15 is 0 Å². The third kappa shape index (κ3) is 4.53. The Labute approximate surface area is 130 Å². The summed E-state index contributed by atoms with van der Waals surface area (Å²) in [7, 11) is 2.26. The van der Waals surface area contributed by atoms with Gasteiger partial charge in [0.25, 0.3) is 0 Å². The highest BCUT2D eigenvalue weighted by molar-refractivity contribution is 5.20. The fourth-order valence-corrected chi connectivity index (χ4v) is 3.17. The molecule has 0 spiro atoms. The molecule has 2 rings (SSSR count). The quantitative estimate of drug-likeness (QED) is 0.869. The minimum absolute atomic E-state index is 0.483. The van der Waals surface area contributed by atoms with E-state index < -0.39 is 0 Å². The molecular formula is C18H31N3. The second-order valence-corrected chi connectivity index (χ2v) is 6.53. The molecule has 1 aliphatic rings. The van der Waals surface area contributed by atoms with Crippen LogP contribution in [-0.2, 0) is 0 Å². The summed E-state index contributed by atoms with van der Waals surface area (Å²) in [5, 5.41) is 3.63. The van der Waals surface area contributed by atoms with Crippen LogP contribution in [0.4, 0.5) is 0 Å². The van der Waals surface area contributed by atoms with E-state index in [2.05, 4.69) is 73.3 Å². The molecule has 2 unspecified atom stereocenters. The van der Waals surface area contributed by atoms with Crippen molar-refractivity contribution < 1.29 is 0 Å². The van der Waals surface area contributed by atoms with Gasteiger partial charge in [-0.05, 0) is 19.0 Å². The van der Waals surface area contributed by atoms with Crippen molar-refractivity contribution in [3.05, 3.63) is 35.9 Å². The average Bonchev–Trinajstić information content (AvgIpc) is 2.49. The van der Waals surface area contributed by atoms with Gasteiger partial charge in [-0.2, -0.15) is 0 Å². The Morgan fingerprint density at radius 2 is 1.90 bits per heavy atom. The number of nitrogens with zero attached hydrogens (tertiary/aromatic N) is 2. The Hall–Kier alpha value is -0.900. The molecule has 1 saturated heterocycles. The Morgan fingerprint density at radius 1 is 1.19 bits per heavy atom. The fraction of sp³-hybridized carbons (Fsp3) is 0.667. The van der Waals surface area contributed by atoms with Gasteiger partial charge in [-0.15, -0.1) is 0 Å². The van der Waals surface area contributed by atoms with E-state index in [0.717, 1.165) is 13.1 Å². The second kappa shape index (κ2) is 7.92. The van der Waals surface area contributed by atoms with Gasteiger partial charge in [0.15, 0.2) is 0 Å². The van der Waals surface area contributed by atoms with E-state index in [4.69, 9.17) is 0 Å². The Balaban J connectivity index is 2.11. The molecule has 0 amide bonds. The summed E-state index contributed by atoms with van der Waals surface area (Å²) in [5.41, 5.74) is 1.44. The van der Waals surface area contributed by atoms with E-state index in [1.54, 1.807) is 0 Å². The zero-order valence-corrected chi connectivity index (χ0v) is 14.0. The van der Waals surface area contributed by atoms with Gasteiger partial charge in [0, 0.05) is 44.3 Å². The summed E-state index contributed by atoms with van der Waals surface area (Å²) in [6.07, 6.45) is 1.23. The van der Waals surface area contributed by atoms with E-state index in [-0.39, 0.29) is 0 Å². The van der Waals surface area contributed by atoms with Crippen LogP contribution >= 0.6 is 0 Å². The molecule has 3 nitrogen and oxygen atoms in total. The topological polar surface area (TPSA) is 18.5 Å². The fourth-order valence-electron chi connectivity index (χ4n) is 3.17. The minimum atomic E-state index is 0.483. The van der Waals surface area contributed by atoms with Crippen LogP contribution in [0.25, 0.3) is 0 Å². The van der Waals surface area contributed by atoms with Crippen LogP contribution in [0.3, 0.4) is 0 Å². The maximum Gasteiger partial charge on any atom is 0.0473 e. The molecule has 118 valence electrons. The van der Waals surface area contributed by atoms with Gasteiger partial charge in [-0.3, -0.25) is 4.90 Å². The standard InChI is InChI=1S/C18H31N3/c1-5-17-14-21(12-11-20(17)4)18(13-19-15(2)3)16-9-7-6-8-10-16/h6-10,15,17-19H,5,11-14H2,1-4H3. The lowest BCUT2D eigenvalue weighted by atomic mass is 10.0. The van der Waals surface area contributed by atoms with Crippen LogP contribution in [0.2, 0.25) is 0 Å². The normalized spacial score (nSPS) is 22.6. The first kappa shape index (κ1) is 16.5. The summed E-state index contributed by atoms with van der Waals surface area (Å²) < 4.78 is 0. The molecule has 0 radical (unpaired) electrons. The molecule has 1 N–H and O–H groups in total. The Morgan fingerprint density at radius 3 is 2.52 bits per heavy atom. The lowest BCUT2D eigenvalue weighted by Crippen LogP contribution is -2.53. The molecule has 21 heavy (non-hydrogen) atoms. The maximum atomic E-state index is 3.63. The monoisotopic (exact) mass is 289 g/mol. The smallest absolute Gasteiger partial charge is 0.0473 e. The zero-order chi connectivity index (χ0) is 15.2. The molecule has 0 bridgehead atoms. The van der Waals surface area contributed by atoms with E-state index in [1.807, 2.05) is 0 Å². The molecule has 0 aliphatic carbocycles. The molecule has 1 heterocycles. The molecule has 3 heteroatoms. The van der Waals surface area contributed by atoms with E-state index in [0.29, 0.717) is 18.1 Å². The van der Waals surface area contributed by atoms with Gasteiger partial charge >= 0.3 is 0 Å². The second-order valence-electron chi connectivity index (χ2n) is 6.53. The predicted molar refractivity (Wildman–Crippen MR) is 90.6 cm³/mol.